The minimum atomic E-state index is 0. The topological polar surface area (TPSA) is 50.4 Å². The van der Waals surface area contributed by atoms with Gasteiger partial charge in [0.05, 0.1) is 11.6 Å². The molecule has 1 atom stereocenters. The standard InChI is InChI=1S/C13H17BrN2O2.ClH/c1-18-12-7-10(2-3-11(12)14)16-13(17)6-9-4-5-15-8-9;/h2-3,7,9,15H,4-6,8H2,1H3,(H,16,17);1H. The summed E-state index contributed by atoms with van der Waals surface area (Å²) in [5.41, 5.74) is 0.769. The Bertz CT molecular complexity index is 437. The summed E-state index contributed by atoms with van der Waals surface area (Å²) in [5.74, 6) is 1.24. The Morgan fingerprint density at radius 3 is 3.00 bits per heavy atom. The maximum absolute atomic E-state index is 11.9. The first-order valence-electron chi connectivity index (χ1n) is 6.03. The van der Waals surface area contributed by atoms with E-state index < -0.39 is 0 Å². The average molecular weight is 350 g/mol. The highest BCUT2D eigenvalue weighted by Gasteiger charge is 2.18. The Hall–Kier alpha value is -0.780. The summed E-state index contributed by atoms with van der Waals surface area (Å²) in [4.78, 5) is 11.9. The van der Waals surface area contributed by atoms with Crippen LogP contribution >= 0.6 is 28.3 Å². The van der Waals surface area contributed by atoms with E-state index in [4.69, 9.17) is 4.74 Å². The number of hydrogen-bond acceptors (Lipinski definition) is 3. The molecule has 2 N–H and O–H groups in total. The van der Waals surface area contributed by atoms with Gasteiger partial charge in [-0.05, 0) is 53.5 Å². The Balaban J connectivity index is 0.00000180. The van der Waals surface area contributed by atoms with E-state index in [1.165, 1.54) is 0 Å². The van der Waals surface area contributed by atoms with E-state index in [-0.39, 0.29) is 18.3 Å². The summed E-state index contributed by atoms with van der Waals surface area (Å²) in [6.45, 7) is 1.96. The van der Waals surface area contributed by atoms with Gasteiger partial charge in [-0.15, -0.1) is 12.4 Å². The van der Waals surface area contributed by atoms with Crippen LogP contribution in [0.1, 0.15) is 12.8 Å². The fourth-order valence-electron chi connectivity index (χ4n) is 2.10. The summed E-state index contributed by atoms with van der Waals surface area (Å²) in [7, 11) is 1.61. The lowest BCUT2D eigenvalue weighted by atomic mass is 10.0. The van der Waals surface area contributed by atoms with E-state index in [0.717, 1.165) is 35.4 Å². The molecule has 0 saturated carbocycles. The molecule has 1 amide bonds. The van der Waals surface area contributed by atoms with Gasteiger partial charge in [0, 0.05) is 18.2 Å². The van der Waals surface area contributed by atoms with Crippen molar-refractivity contribution < 1.29 is 9.53 Å². The Morgan fingerprint density at radius 2 is 2.37 bits per heavy atom. The number of benzene rings is 1. The van der Waals surface area contributed by atoms with Crippen molar-refractivity contribution in [1.29, 1.82) is 0 Å². The zero-order chi connectivity index (χ0) is 13.0. The Morgan fingerprint density at radius 1 is 1.58 bits per heavy atom. The zero-order valence-corrected chi connectivity index (χ0v) is 13.1. The van der Waals surface area contributed by atoms with Crippen molar-refractivity contribution in [3.05, 3.63) is 22.7 Å². The van der Waals surface area contributed by atoms with E-state index in [0.29, 0.717) is 12.3 Å². The van der Waals surface area contributed by atoms with Gasteiger partial charge < -0.3 is 15.4 Å². The van der Waals surface area contributed by atoms with Crippen LogP contribution in [0.2, 0.25) is 0 Å². The molecule has 0 spiro atoms. The number of halogens is 2. The van der Waals surface area contributed by atoms with Crippen molar-refractivity contribution in [1.82, 2.24) is 5.32 Å². The zero-order valence-electron chi connectivity index (χ0n) is 10.7. The molecule has 0 bridgehead atoms. The van der Waals surface area contributed by atoms with Crippen LogP contribution in [0.25, 0.3) is 0 Å². The third-order valence-corrected chi connectivity index (χ3v) is 3.73. The van der Waals surface area contributed by atoms with Gasteiger partial charge in [0.2, 0.25) is 5.91 Å². The molecule has 4 nitrogen and oxygen atoms in total. The van der Waals surface area contributed by atoms with Crippen LogP contribution < -0.4 is 15.4 Å². The van der Waals surface area contributed by atoms with Crippen LogP contribution in [0.3, 0.4) is 0 Å². The average Bonchev–Trinajstić information content (AvgIpc) is 2.84. The largest absolute Gasteiger partial charge is 0.495 e. The van der Waals surface area contributed by atoms with Gasteiger partial charge in [0.15, 0.2) is 0 Å². The molecule has 2 rings (SSSR count). The molecular weight excluding hydrogens is 332 g/mol. The first kappa shape index (κ1) is 16.3. The molecule has 1 fully saturated rings. The molecule has 1 saturated heterocycles. The Labute approximate surface area is 127 Å². The van der Waals surface area contributed by atoms with Crippen LogP contribution in [0.4, 0.5) is 5.69 Å². The van der Waals surface area contributed by atoms with Gasteiger partial charge in [-0.1, -0.05) is 0 Å². The maximum atomic E-state index is 11.9. The smallest absolute Gasteiger partial charge is 0.224 e. The quantitative estimate of drug-likeness (QED) is 0.879. The van der Waals surface area contributed by atoms with Crippen molar-refractivity contribution in [3.8, 4) is 5.75 Å². The van der Waals surface area contributed by atoms with Crippen LogP contribution in [-0.4, -0.2) is 26.1 Å². The number of carbonyl (C=O) groups is 1. The fraction of sp³-hybridized carbons (Fsp3) is 0.462. The number of rotatable bonds is 4. The molecule has 106 valence electrons. The van der Waals surface area contributed by atoms with Gasteiger partial charge in [-0.3, -0.25) is 4.79 Å². The third-order valence-electron chi connectivity index (χ3n) is 3.07. The van der Waals surface area contributed by atoms with Crippen LogP contribution in [0.15, 0.2) is 22.7 Å². The van der Waals surface area contributed by atoms with Gasteiger partial charge in [0.1, 0.15) is 5.75 Å². The highest BCUT2D eigenvalue weighted by Crippen LogP contribution is 2.28. The predicted molar refractivity (Wildman–Crippen MR) is 82.2 cm³/mol. The van der Waals surface area contributed by atoms with Crippen LogP contribution in [0, 0.1) is 5.92 Å². The molecular formula is C13H18BrClN2O2. The van der Waals surface area contributed by atoms with Crippen molar-refractivity contribution in [3.63, 3.8) is 0 Å². The van der Waals surface area contributed by atoms with E-state index in [1.54, 1.807) is 7.11 Å². The molecule has 1 unspecified atom stereocenters. The van der Waals surface area contributed by atoms with Gasteiger partial charge in [-0.2, -0.15) is 0 Å². The predicted octanol–water partition coefficient (Wildman–Crippen LogP) is 2.82. The molecule has 1 heterocycles. The normalized spacial score (nSPS) is 17.7. The number of methoxy groups -OCH3 is 1. The van der Waals surface area contributed by atoms with Crippen molar-refractivity contribution in [2.24, 2.45) is 5.92 Å². The van der Waals surface area contributed by atoms with E-state index in [2.05, 4.69) is 26.6 Å². The summed E-state index contributed by atoms with van der Waals surface area (Å²) in [5, 5.41) is 6.16. The summed E-state index contributed by atoms with van der Waals surface area (Å²) in [6, 6.07) is 5.54. The second kappa shape index (κ2) is 7.72. The van der Waals surface area contributed by atoms with Crippen molar-refractivity contribution in [2.45, 2.75) is 12.8 Å². The van der Waals surface area contributed by atoms with Crippen LogP contribution in [-0.2, 0) is 4.79 Å². The van der Waals surface area contributed by atoms with Gasteiger partial charge in [0.25, 0.3) is 0 Å². The number of amides is 1. The third kappa shape index (κ3) is 4.67. The SMILES string of the molecule is COc1cc(NC(=O)CC2CCNC2)ccc1Br.Cl. The number of hydrogen-bond donors (Lipinski definition) is 2. The van der Waals surface area contributed by atoms with Gasteiger partial charge >= 0.3 is 0 Å². The minimum Gasteiger partial charge on any atom is -0.495 e. The molecule has 19 heavy (non-hydrogen) atoms. The summed E-state index contributed by atoms with van der Waals surface area (Å²) in [6.07, 6.45) is 1.66. The fourth-order valence-corrected chi connectivity index (χ4v) is 2.51. The molecule has 1 aliphatic rings. The highest BCUT2D eigenvalue weighted by atomic mass is 79.9. The molecule has 0 radical (unpaired) electrons. The summed E-state index contributed by atoms with van der Waals surface area (Å²) >= 11 is 3.38. The first-order valence-corrected chi connectivity index (χ1v) is 6.82. The number of nitrogens with one attached hydrogen (secondary N) is 2. The van der Waals surface area contributed by atoms with E-state index in [1.807, 2.05) is 18.2 Å². The molecule has 1 aromatic rings. The van der Waals surface area contributed by atoms with E-state index >= 15 is 0 Å². The second-order valence-corrected chi connectivity index (χ2v) is 5.31. The van der Waals surface area contributed by atoms with Crippen molar-refractivity contribution in [2.75, 3.05) is 25.5 Å². The second-order valence-electron chi connectivity index (χ2n) is 4.46. The molecule has 0 aromatic heterocycles. The maximum Gasteiger partial charge on any atom is 0.224 e. The molecule has 1 aliphatic heterocycles. The summed E-state index contributed by atoms with van der Waals surface area (Å²) < 4.78 is 6.07. The number of anilines is 1. The monoisotopic (exact) mass is 348 g/mol. The van der Waals surface area contributed by atoms with Crippen LogP contribution in [0.5, 0.6) is 5.75 Å². The highest BCUT2D eigenvalue weighted by molar-refractivity contribution is 9.10. The molecule has 0 aliphatic carbocycles. The lowest BCUT2D eigenvalue weighted by molar-refractivity contribution is -0.116. The lowest BCUT2D eigenvalue weighted by Gasteiger charge is -2.10. The minimum absolute atomic E-state index is 0. The lowest BCUT2D eigenvalue weighted by Crippen LogP contribution is -2.18. The van der Waals surface area contributed by atoms with Gasteiger partial charge in [-0.25, -0.2) is 0 Å². The Kier molecular flexibility index (Phi) is 6.62. The number of carbonyl (C=O) groups excluding carboxylic acids is 1. The van der Waals surface area contributed by atoms with Crippen molar-refractivity contribution >= 4 is 39.9 Å². The molecule has 6 heteroatoms. The number of ether oxygens (including phenoxy) is 1. The van der Waals surface area contributed by atoms with E-state index in [9.17, 15) is 4.79 Å². The first-order chi connectivity index (χ1) is 8.69. The molecule has 1 aromatic carbocycles.